The molecule has 2 aromatic rings. The minimum Gasteiger partial charge on any atom is -0.325 e. The third kappa shape index (κ3) is 4.51. The molecule has 8 heteroatoms. The van der Waals surface area contributed by atoms with E-state index < -0.39 is 35.0 Å². The van der Waals surface area contributed by atoms with Crippen LogP contribution in [0.1, 0.15) is 13.3 Å². The second-order valence-corrected chi connectivity index (χ2v) is 5.55. The molecule has 2 aromatic carbocycles. The van der Waals surface area contributed by atoms with Crippen LogP contribution in [-0.4, -0.2) is 18.4 Å². The molecule has 0 aliphatic heterocycles. The number of anilines is 2. The Bertz CT molecular complexity index is 814. The molecule has 0 saturated carbocycles. The average molecular weight is 371 g/mol. The lowest BCUT2D eigenvalue weighted by atomic mass is 10.2. The lowest BCUT2D eigenvalue weighted by Crippen LogP contribution is -2.33. The van der Waals surface area contributed by atoms with E-state index in [0.29, 0.717) is 16.8 Å². The van der Waals surface area contributed by atoms with Gasteiger partial charge in [0.25, 0.3) is 0 Å². The fourth-order valence-corrected chi connectivity index (χ4v) is 2.34. The summed E-state index contributed by atoms with van der Waals surface area (Å²) in [6.07, 6.45) is -0.191. The number of nitrogens with zero attached hydrogens (tertiary/aromatic N) is 1. The second-order valence-electron chi connectivity index (χ2n) is 5.14. The number of carbonyl (C=O) groups excluding carboxylic acids is 2. The van der Waals surface area contributed by atoms with E-state index in [1.54, 1.807) is 24.3 Å². The van der Waals surface area contributed by atoms with Gasteiger partial charge >= 0.3 is 0 Å². The van der Waals surface area contributed by atoms with Gasteiger partial charge in [0.2, 0.25) is 11.8 Å². The molecule has 0 aliphatic carbocycles. The first-order valence-corrected chi connectivity index (χ1v) is 7.65. The molecule has 2 amide bonds. The molecule has 0 saturated heterocycles. The largest absolute Gasteiger partial charge is 0.325 e. The second kappa shape index (κ2) is 8.02. The average Bonchev–Trinajstić information content (AvgIpc) is 2.56. The monoisotopic (exact) mass is 370 g/mol. The number of amides is 2. The van der Waals surface area contributed by atoms with E-state index >= 15 is 0 Å². The fourth-order valence-electron chi connectivity index (χ4n) is 2.16. The van der Waals surface area contributed by atoms with Crippen LogP contribution >= 0.6 is 11.6 Å². The van der Waals surface area contributed by atoms with Crippen LogP contribution in [-0.2, 0) is 9.59 Å². The van der Waals surface area contributed by atoms with Crippen molar-refractivity contribution in [3.05, 3.63) is 58.9 Å². The number of hydrogen-bond donors (Lipinski definition) is 1. The predicted octanol–water partition coefficient (Wildman–Crippen LogP) is 4.14. The molecule has 2 rings (SSSR count). The third-order valence-corrected chi connectivity index (χ3v) is 3.73. The summed E-state index contributed by atoms with van der Waals surface area (Å²) in [4.78, 5) is 24.6. The SMILES string of the molecule is CC(=O)N(CCC(=O)Nc1ccccc1Cl)c1ccc(F)c(F)c1F. The van der Waals surface area contributed by atoms with Crippen LogP contribution in [0, 0.1) is 17.5 Å². The molecule has 0 aromatic heterocycles. The van der Waals surface area contributed by atoms with Crippen LogP contribution in [0.4, 0.5) is 24.5 Å². The molecule has 0 atom stereocenters. The molecule has 0 radical (unpaired) electrons. The Labute approximate surface area is 147 Å². The van der Waals surface area contributed by atoms with Crippen LogP contribution in [0.5, 0.6) is 0 Å². The predicted molar refractivity (Wildman–Crippen MR) is 89.0 cm³/mol. The summed E-state index contributed by atoms with van der Waals surface area (Å²) >= 11 is 5.92. The Morgan fingerprint density at radius 3 is 2.40 bits per heavy atom. The Morgan fingerprint density at radius 2 is 1.76 bits per heavy atom. The fraction of sp³-hybridized carbons (Fsp3) is 0.176. The summed E-state index contributed by atoms with van der Waals surface area (Å²) in [7, 11) is 0. The third-order valence-electron chi connectivity index (χ3n) is 3.40. The highest BCUT2D eigenvalue weighted by Gasteiger charge is 2.21. The summed E-state index contributed by atoms with van der Waals surface area (Å²) in [5.74, 6) is -5.61. The van der Waals surface area contributed by atoms with Gasteiger partial charge in [0, 0.05) is 19.9 Å². The van der Waals surface area contributed by atoms with Gasteiger partial charge in [-0.3, -0.25) is 9.59 Å². The summed E-state index contributed by atoms with van der Waals surface area (Å²) in [5.41, 5.74) is -0.0421. The normalized spacial score (nSPS) is 10.4. The van der Waals surface area contributed by atoms with Crippen molar-refractivity contribution in [2.45, 2.75) is 13.3 Å². The maximum absolute atomic E-state index is 13.9. The van der Waals surface area contributed by atoms with E-state index in [4.69, 9.17) is 11.6 Å². The maximum Gasteiger partial charge on any atom is 0.226 e. The summed E-state index contributed by atoms with van der Waals surface area (Å²) in [6.45, 7) is 0.917. The van der Waals surface area contributed by atoms with Gasteiger partial charge in [-0.25, -0.2) is 13.2 Å². The van der Waals surface area contributed by atoms with E-state index in [-0.39, 0.29) is 13.0 Å². The molecule has 0 heterocycles. The summed E-state index contributed by atoms with van der Waals surface area (Å²) < 4.78 is 40.3. The quantitative estimate of drug-likeness (QED) is 0.804. The number of para-hydroxylation sites is 1. The minimum absolute atomic E-state index is 0.191. The van der Waals surface area contributed by atoms with E-state index in [1.807, 2.05) is 0 Å². The standard InChI is InChI=1S/C17H14ClF3N2O2/c1-10(24)23(14-7-6-12(19)16(20)17(14)21)9-8-15(25)22-13-5-3-2-4-11(13)18/h2-7H,8-9H2,1H3,(H,22,25). The maximum atomic E-state index is 13.9. The molecular formula is C17H14ClF3N2O2. The van der Waals surface area contributed by atoms with E-state index in [0.717, 1.165) is 17.9 Å². The lowest BCUT2D eigenvalue weighted by Gasteiger charge is -2.21. The summed E-state index contributed by atoms with van der Waals surface area (Å²) in [5, 5.41) is 2.89. The number of nitrogens with one attached hydrogen (secondary N) is 1. The van der Waals surface area contributed by atoms with Crippen molar-refractivity contribution in [1.29, 1.82) is 0 Å². The minimum atomic E-state index is -1.68. The zero-order valence-corrected chi connectivity index (χ0v) is 13.9. The van der Waals surface area contributed by atoms with Gasteiger partial charge < -0.3 is 10.2 Å². The Morgan fingerprint density at radius 1 is 1.08 bits per heavy atom. The van der Waals surface area contributed by atoms with Gasteiger partial charge in [0.1, 0.15) is 0 Å². The number of carbonyl (C=O) groups is 2. The number of benzene rings is 2. The number of halogens is 4. The number of rotatable bonds is 5. The van der Waals surface area contributed by atoms with E-state index in [1.165, 1.54) is 0 Å². The Hall–Kier alpha value is -2.54. The van der Waals surface area contributed by atoms with E-state index in [2.05, 4.69) is 5.32 Å². The molecule has 0 bridgehead atoms. The van der Waals surface area contributed by atoms with Crippen LogP contribution in [0.15, 0.2) is 36.4 Å². The zero-order valence-electron chi connectivity index (χ0n) is 13.2. The molecule has 4 nitrogen and oxygen atoms in total. The van der Waals surface area contributed by atoms with Crippen molar-refractivity contribution in [3.8, 4) is 0 Å². The van der Waals surface area contributed by atoms with Crippen LogP contribution < -0.4 is 10.2 Å². The molecular weight excluding hydrogens is 357 g/mol. The molecule has 132 valence electrons. The van der Waals surface area contributed by atoms with Crippen molar-refractivity contribution >= 4 is 34.8 Å². The zero-order chi connectivity index (χ0) is 18.6. The first-order chi connectivity index (χ1) is 11.8. The Kier molecular flexibility index (Phi) is 6.03. The van der Waals surface area contributed by atoms with E-state index in [9.17, 15) is 22.8 Å². The van der Waals surface area contributed by atoms with Crippen molar-refractivity contribution in [1.82, 2.24) is 0 Å². The van der Waals surface area contributed by atoms with Gasteiger partial charge in [-0.2, -0.15) is 0 Å². The van der Waals surface area contributed by atoms with Crippen molar-refractivity contribution in [2.75, 3.05) is 16.8 Å². The molecule has 1 N–H and O–H groups in total. The first kappa shape index (κ1) is 18.8. The highest BCUT2D eigenvalue weighted by Crippen LogP contribution is 2.24. The molecule has 0 unspecified atom stereocenters. The van der Waals surface area contributed by atoms with Crippen molar-refractivity contribution in [3.63, 3.8) is 0 Å². The van der Waals surface area contributed by atoms with Crippen LogP contribution in [0.3, 0.4) is 0 Å². The van der Waals surface area contributed by atoms with Gasteiger partial charge in [-0.15, -0.1) is 0 Å². The van der Waals surface area contributed by atoms with Gasteiger partial charge in [0.05, 0.1) is 16.4 Å². The smallest absolute Gasteiger partial charge is 0.226 e. The van der Waals surface area contributed by atoms with Gasteiger partial charge in [0.15, 0.2) is 17.5 Å². The molecule has 0 spiro atoms. The van der Waals surface area contributed by atoms with Crippen LogP contribution in [0.2, 0.25) is 5.02 Å². The van der Waals surface area contributed by atoms with Crippen molar-refractivity contribution < 1.29 is 22.8 Å². The number of hydrogen-bond acceptors (Lipinski definition) is 2. The molecule has 0 aliphatic rings. The molecule has 0 fully saturated rings. The summed E-state index contributed by atoms with van der Waals surface area (Å²) in [6, 6.07) is 8.23. The van der Waals surface area contributed by atoms with Gasteiger partial charge in [-0.1, -0.05) is 23.7 Å². The highest BCUT2D eigenvalue weighted by molar-refractivity contribution is 6.33. The van der Waals surface area contributed by atoms with Gasteiger partial charge in [-0.05, 0) is 24.3 Å². The topological polar surface area (TPSA) is 49.4 Å². The van der Waals surface area contributed by atoms with Crippen molar-refractivity contribution in [2.24, 2.45) is 0 Å². The Balaban J connectivity index is 2.10. The lowest BCUT2D eigenvalue weighted by molar-refractivity contribution is -0.117. The first-order valence-electron chi connectivity index (χ1n) is 7.27. The van der Waals surface area contributed by atoms with Crippen LogP contribution in [0.25, 0.3) is 0 Å². The highest BCUT2D eigenvalue weighted by atomic mass is 35.5. The molecule has 25 heavy (non-hydrogen) atoms.